The highest BCUT2D eigenvalue weighted by Gasteiger charge is 2.87. The van der Waals surface area contributed by atoms with Crippen molar-refractivity contribution in [1.82, 2.24) is 5.32 Å². The molecule has 0 radical (unpaired) electrons. The molecule has 0 aromatic rings. The third kappa shape index (κ3) is 3.33. The van der Waals surface area contributed by atoms with Gasteiger partial charge >= 0.3 is 36.4 Å². The quantitative estimate of drug-likeness (QED) is 0.653. The minimum absolute atomic E-state index is 1.28. The van der Waals surface area contributed by atoms with Gasteiger partial charge in [-0.05, 0) is 6.92 Å². The minimum Gasteiger partial charge on any atom is -0.267 e. The van der Waals surface area contributed by atoms with Crippen LogP contribution >= 0.6 is 0 Å². The molecule has 0 spiro atoms. The number of halogens is 15. The van der Waals surface area contributed by atoms with Crippen molar-refractivity contribution in [3.8, 4) is 0 Å². The molecule has 146 valence electrons. The van der Waals surface area contributed by atoms with E-state index in [0.717, 1.165) is 0 Å². The van der Waals surface area contributed by atoms with Gasteiger partial charge in [-0.15, -0.1) is 0 Å². The molecule has 0 atom stereocenters. The van der Waals surface area contributed by atoms with E-state index in [1.54, 1.807) is 0 Å². The van der Waals surface area contributed by atoms with Gasteiger partial charge in [0.2, 0.25) is 5.54 Å². The van der Waals surface area contributed by atoms with Crippen LogP contribution in [0.4, 0.5) is 65.9 Å². The summed E-state index contributed by atoms with van der Waals surface area (Å²) < 4.78 is 186. The Morgan fingerprint density at radius 2 is 0.625 bits per heavy atom. The Morgan fingerprint density at radius 1 is 0.417 bits per heavy atom. The zero-order valence-corrected chi connectivity index (χ0v) is 10.7. The van der Waals surface area contributed by atoms with Crippen molar-refractivity contribution in [2.75, 3.05) is 0 Å². The van der Waals surface area contributed by atoms with E-state index >= 15 is 0 Å². The van der Waals surface area contributed by atoms with Crippen LogP contribution in [0.1, 0.15) is 6.92 Å². The second-order valence-electron chi connectivity index (χ2n) is 4.49. The second kappa shape index (κ2) is 5.45. The summed E-state index contributed by atoms with van der Waals surface area (Å²) >= 11 is 0. The molecule has 0 aromatic heterocycles. The van der Waals surface area contributed by atoms with Gasteiger partial charge in [-0.2, -0.15) is 65.9 Å². The van der Waals surface area contributed by atoms with Crippen LogP contribution < -0.4 is 5.32 Å². The van der Waals surface area contributed by atoms with Crippen molar-refractivity contribution in [2.24, 2.45) is 0 Å². The lowest BCUT2D eigenvalue weighted by molar-refractivity contribution is -0.411. The first-order valence-electron chi connectivity index (χ1n) is 5.08. The minimum atomic E-state index is -7.64. The topological polar surface area (TPSA) is 12.0 Å². The summed E-state index contributed by atoms with van der Waals surface area (Å²) in [7, 11) is 0. The molecule has 1 N–H and O–H groups in total. The molecule has 0 saturated heterocycles. The number of alkyl halides is 15. The predicted octanol–water partition coefficient (Wildman–Crippen LogP) is 4.89. The van der Waals surface area contributed by atoms with Gasteiger partial charge in [-0.3, -0.25) is 5.32 Å². The van der Waals surface area contributed by atoms with Crippen molar-refractivity contribution in [3.05, 3.63) is 0 Å². The molecule has 0 saturated carbocycles. The highest BCUT2D eigenvalue weighted by Crippen LogP contribution is 2.56. The van der Waals surface area contributed by atoms with Crippen LogP contribution in [-0.4, -0.2) is 42.0 Å². The summed E-state index contributed by atoms with van der Waals surface area (Å²) in [6.45, 7) is -1.31. The zero-order valence-electron chi connectivity index (χ0n) is 10.7. The molecule has 24 heavy (non-hydrogen) atoms. The van der Waals surface area contributed by atoms with Gasteiger partial charge in [0.25, 0.3) is 0 Å². The van der Waals surface area contributed by atoms with Crippen LogP contribution in [0, 0.1) is 0 Å². The third-order valence-corrected chi connectivity index (χ3v) is 2.85. The highest BCUT2D eigenvalue weighted by atomic mass is 19.4. The van der Waals surface area contributed by atoms with Gasteiger partial charge in [0.1, 0.15) is 0 Å². The van der Waals surface area contributed by atoms with Gasteiger partial charge in [-0.25, -0.2) is 0 Å². The number of hydrogen-bond acceptors (Lipinski definition) is 1. The van der Waals surface area contributed by atoms with Crippen LogP contribution in [0.2, 0.25) is 0 Å². The average Bonchev–Trinajstić information content (AvgIpc) is 2.15. The molecule has 0 aliphatic heterocycles. The van der Waals surface area contributed by atoms with E-state index in [1.165, 1.54) is 0 Å². The van der Waals surface area contributed by atoms with Crippen LogP contribution in [-0.2, 0) is 0 Å². The average molecular weight is 399 g/mol. The molecule has 0 heterocycles. The molecule has 0 aliphatic rings. The smallest absolute Gasteiger partial charge is 0.267 e. The van der Waals surface area contributed by atoms with Crippen molar-refractivity contribution in [2.45, 2.75) is 48.9 Å². The first-order valence-corrected chi connectivity index (χ1v) is 5.08. The fourth-order valence-corrected chi connectivity index (χ4v) is 1.37. The van der Waals surface area contributed by atoms with Crippen LogP contribution in [0.15, 0.2) is 0 Å². The van der Waals surface area contributed by atoms with Gasteiger partial charge < -0.3 is 0 Å². The molecule has 16 heteroatoms. The number of rotatable bonds is 2. The van der Waals surface area contributed by atoms with E-state index in [0.29, 0.717) is 0 Å². The van der Waals surface area contributed by atoms with E-state index in [-0.39, 0.29) is 0 Å². The first-order chi connectivity index (χ1) is 9.96. The Balaban J connectivity index is 6.84. The summed E-state index contributed by atoms with van der Waals surface area (Å²) in [4.78, 5) is 0. The molecule has 0 unspecified atom stereocenters. The standard InChI is InChI=1S/C8H4F15N/c1-2(4(9,10)11,5(12,13)14)24-3(6(15,16)17,7(18,19)20)8(21,22)23/h24H,1H3. The molecule has 0 fully saturated rings. The highest BCUT2D eigenvalue weighted by molar-refractivity contribution is 5.14. The lowest BCUT2D eigenvalue weighted by Gasteiger charge is -2.46. The molecule has 0 amide bonds. The van der Waals surface area contributed by atoms with Gasteiger partial charge in [0.05, 0.1) is 0 Å². The Morgan fingerprint density at radius 3 is 0.750 bits per heavy atom. The first kappa shape index (κ1) is 22.9. The van der Waals surface area contributed by atoms with Crippen LogP contribution in [0.3, 0.4) is 0 Å². The monoisotopic (exact) mass is 399 g/mol. The fraction of sp³-hybridized carbons (Fsp3) is 1.00. The Hall–Kier alpha value is -1.09. The normalized spacial score (nSPS) is 16.5. The lowest BCUT2D eigenvalue weighted by atomic mass is 9.89. The van der Waals surface area contributed by atoms with Crippen molar-refractivity contribution < 1.29 is 65.9 Å². The van der Waals surface area contributed by atoms with Gasteiger partial charge in [0, 0.05) is 0 Å². The molecule has 1 nitrogen and oxygen atoms in total. The maximum absolute atomic E-state index is 12.4. The van der Waals surface area contributed by atoms with Crippen molar-refractivity contribution in [3.63, 3.8) is 0 Å². The van der Waals surface area contributed by atoms with E-state index < -0.39 is 54.2 Å². The molecule has 0 aliphatic carbocycles. The molecular weight excluding hydrogens is 395 g/mol. The predicted molar refractivity (Wildman–Crippen MR) is 44.5 cm³/mol. The molecule has 0 aromatic carbocycles. The zero-order chi connectivity index (χ0) is 20.2. The SMILES string of the molecule is CC(NC(C(F)(F)F)(C(F)(F)F)C(F)(F)F)(C(F)(F)F)C(F)(F)F. The fourth-order valence-electron chi connectivity index (χ4n) is 1.37. The summed E-state index contributed by atoms with van der Waals surface area (Å²) in [5, 5.41) is -1.28. The molecule has 0 bridgehead atoms. The number of hydrogen-bond donors (Lipinski definition) is 1. The number of nitrogens with one attached hydrogen (secondary N) is 1. The van der Waals surface area contributed by atoms with Crippen molar-refractivity contribution in [1.29, 1.82) is 0 Å². The Bertz CT molecular complexity index is 393. The lowest BCUT2D eigenvalue weighted by Crippen LogP contribution is -2.82. The van der Waals surface area contributed by atoms with Crippen LogP contribution in [0.5, 0.6) is 0 Å². The van der Waals surface area contributed by atoms with E-state index in [2.05, 4.69) is 0 Å². The summed E-state index contributed by atoms with van der Waals surface area (Å²) in [6.07, 6.45) is -36.9. The summed E-state index contributed by atoms with van der Waals surface area (Å²) in [5.74, 6) is 0. The largest absolute Gasteiger partial charge is 0.424 e. The van der Waals surface area contributed by atoms with E-state index in [4.69, 9.17) is 0 Å². The molecular formula is C8H4F15N. The van der Waals surface area contributed by atoms with Crippen LogP contribution in [0.25, 0.3) is 0 Å². The summed E-state index contributed by atoms with van der Waals surface area (Å²) in [5.41, 5.74) is -13.7. The maximum atomic E-state index is 12.4. The third-order valence-electron chi connectivity index (χ3n) is 2.85. The van der Waals surface area contributed by atoms with Gasteiger partial charge in [0.15, 0.2) is 0 Å². The van der Waals surface area contributed by atoms with Crippen molar-refractivity contribution >= 4 is 0 Å². The summed E-state index contributed by atoms with van der Waals surface area (Å²) in [6, 6.07) is 0. The Kier molecular flexibility index (Phi) is 5.21. The van der Waals surface area contributed by atoms with Gasteiger partial charge in [-0.1, -0.05) is 0 Å². The van der Waals surface area contributed by atoms with E-state index in [9.17, 15) is 65.9 Å². The Labute approximate surface area is 121 Å². The van der Waals surface area contributed by atoms with E-state index in [1.807, 2.05) is 0 Å². The second-order valence-corrected chi connectivity index (χ2v) is 4.49. The molecule has 0 rings (SSSR count). The maximum Gasteiger partial charge on any atom is 0.424 e.